The summed E-state index contributed by atoms with van der Waals surface area (Å²) in [5.41, 5.74) is 3.10. The lowest BCUT2D eigenvalue weighted by Crippen LogP contribution is -2.23. The highest BCUT2D eigenvalue weighted by Gasteiger charge is 2.37. The molecular formula is C20H22N4O4S. The summed E-state index contributed by atoms with van der Waals surface area (Å²) in [6.45, 7) is 5.72. The predicted octanol–water partition coefficient (Wildman–Crippen LogP) is 3.48. The molecule has 1 heterocycles. The SMILES string of the molecule is Cc1ccc(S(=O)(=O)N/N=C\C=C2/N(C)c3ccccc3C2(C)C)cc1[N+](=O)[O-]. The molecule has 1 aliphatic heterocycles. The number of likely N-dealkylation sites (N-methyl/N-ethyl adjacent to an activating group) is 1. The minimum Gasteiger partial charge on any atom is -0.347 e. The van der Waals surface area contributed by atoms with Crippen LogP contribution in [0.4, 0.5) is 11.4 Å². The van der Waals surface area contributed by atoms with Crippen LogP contribution in [0, 0.1) is 17.0 Å². The van der Waals surface area contributed by atoms with Gasteiger partial charge in [0.25, 0.3) is 15.7 Å². The van der Waals surface area contributed by atoms with Gasteiger partial charge in [0.2, 0.25) is 0 Å². The minimum atomic E-state index is -4.02. The first-order valence-electron chi connectivity index (χ1n) is 8.89. The first kappa shape index (κ1) is 20.5. The Bertz CT molecular complexity index is 1140. The number of benzene rings is 2. The van der Waals surface area contributed by atoms with Crippen LogP contribution in [-0.2, 0) is 15.4 Å². The van der Waals surface area contributed by atoms with Gasteiger partial charge in [0.1, 0.15) is 0 Å². The summed E-state index contributed by atoms with van der Waals surface area (Å²) in [6.07, 6.45) is 3.12. The van der Waals surface area contributed by atoms with Crippen LogP contribution in [0.3, 0.4) is 0 Å². The van der Waals surface area contributed by atoms with Gasteiger partial charge in [0, 0.05) is 41.7 Å². The molecule has 1 N–H and O–H groups in total. The molecule has 152 valence electrons. The normalized spacial score (nSPS) is 17.0. The Morgan fingerprint density at radius 1 is 1.21 bits per heavy atom. The molecule has 8 nitrogen and oxygen atoms in total. The average molecular weight is 414 g/mol. The number of allylic oxidation sites excluding steroid dienone is 2. The second kappa shape index (κ2) is 7.32. The zero-order valence-corrected chi connectivity index (χ0v) is 17.4. The van der Waals surface area contributed by atoms with Crippen molar-refractivity contribution in [2.24, 2.45) is 5.10 Å². The predicted molar refractivity (Wildman–Crippen MR) is 113 cm³/mol. The van der Waals surface area contributed by atoms with Crippen LogP contribution < -0.4 is 9.73 Å². The number of nitro benzene ring substituents is 1. The van der Waals surface area contributed by atoms with Crippen LogP contribution in [0.1, 0.15) is 25.0 Å². The Labute approximate surface area is 169 Å². The van der Waals surface area contributed by atoms with Crippen molar-refractivity contribution in [3.63, 3.8) is 0 Å². The van der Waals surface area contributed by atoms with Crippen molar-refractivity contribution in [2.45, 2.75) is 31.1 Å². The zero-order chi connectivity index (χ0) is 21.4. The Kier molecular flexibility index (Phi) is 5.18. The number of hydrogen-bond acceptors (Lipinski definition) is 6. The number of fused-ring (bicyclic) bond motifs is 1. The minimum absolute atomic E-state index is 0.217. The second-order valence-corrected chi connectivity index (χ2v) is 8.99. The number of nitro groups is 1. The van der Waals surface area contributed by atoms with E-state index in [4.69, 9.17) is 0 Å². The van der Waals surface area contributed by atoms with Gasteiger partial charge in [-0.1, -0.05) is 38.1 Å². The van der Waals surface area contributed by atoms with Crippen molar-refractivity contribution in [2.75, 3.05) is 11.9 Å². The lowest BCUT2D eigenvalue weighted by atomic mass is 9.84. The molecule has 0 aliphatic carbocycles. The lowest BCUT2D eigenvalue weighted by molar-refractivity contribution is -0.385. The number of para-hydroxylation sites is 1. The van der Waals surface area contributed by atoms with Crippen molar-refractivity contribution in [3.8, 4) is 0 Å². The van der Waals surface area contributed by atoms with Gasteiger partial charge in [0.15, 0.2) is 0 Å². The highest BCUT2D eigenvalue weighted by molar-refractivity contribution is 7.89. The van der Waals surface area contributed by atoms with E-state index in [9.17, 15) is 18.5 Å². The molecule has 0 aromatic heterocycles. The third-order valence-corrected chi connectivity index (χ3v) is 6.33. The molecule has 0 unspecified atom stereocenters. The van der Waals surface area contributed by atoms with Crippen LogP contribution in [0.2, 0.25) is 0 Å². The maximum Gasteiger partial charge on any atom is 0.276 e. The smallest absolute Gasteiger partial charge is 0.276 e. The molecule has 0 bridgehead atoms. The van der Waals surface area contributed by atoms with Crippen molar-refractivity contribution in [1.82, 2.24) is 4.83 Å². The van der Waals surface area contributed by atoms with Crippen LogP contribution in [0.15, 0.2) is 64.2 Å². The third-order valence-electron chi connectivity index (χ3n) is 5.11. The van der Waals surface area contributed by atoms with E-state index < -0.39 is 14.9 Å². The molecule has 0 saturated carbocycles. The Morgan fingerprint density at radius 3 is 2.55 bits per heavy atom. The summed E-state index contributed by atoms with van der Waals surface area (Å²) in [7, 11) is -2.07. The molecule has 2 aromatic rings. The number of aryl methyl sites for hydroxylation is 1. The van der Waals surface area contributed by atoms with Crippen LogP contribution in [0.5, 0.6) is 0 Å². The van der Waals surface area contributed by atoms with E-state index in [0.29, 0.717) is 5.56 Å². The molecule has 0 fully saturated rings. The number of anilines is 1. The fourth-order valence-corrected chi connectivity index (χ4v) is 4.33. The molecular weight excluding hydrogens is 392 g/mol. The van der Waals surface area contributed by atoms with Gasteiger partial charge in [-0.3, -0.25) is 10.1 Å². The Morgan fingerprint density at radius 2 is 1.90 bits per heavy atom. The molecule has 2 aromatic carbocycles. The maximum atomic E-state index is 12.4. The molecule has 1 aliphatic rings. The van der Waals surface area contributed by atoms with E-state index >= 15 is 0 Å². The third kappa shape index (κ3) is 3.73. The van der Waals surface area contributed by atoms with Gasteiger partial charge < -0.3 is 4.90 Å². The van der Waals surface area contributed by atoms with Gasteiger partial charge >= 0.3 is 0 Å². The number of nitrogens with one attached hydrogen (secondary N) is 1. The van der Waals surface area contributed by atoms with Gasteiger partial charge in [-0.25, -0.2) is 4.83 Å². The van der Waals surface area contributed by atoms with Gasteiger partial charge in [-0.05, 0) is 30.7 Å². The molecule has 3 rings (SSSR count). The summed E-state index contributed by atoms with van der Waals surface area (Å²) in [6, 6.07) is 11.8. The number of hydrogen-bond donors (Lipinski definition) is 1. The number of nitrogens with zero attached hydrogens (tertiary/aromatic N) is 3. The summed E-state index contributed by atoms with van der Waals surface area (Å²) < 4.78 is 24.8. The van der Waals surface area contributed by atoms with Crippen molar-refractivity contribution < 1.29 is 13.3 Å². The summed E-state index contributed by atoms with van der Waals surface area (Å²) in [5.74, 6) is 0. The molecule has 0 saturated heterocycles. The van der Waals surface area contributed by atoms with Crippen LogP contribution in [-0.4, -0.2) is 26.6 Å². The van der Waals surface area contributed by atoms with Crippen molar-refractivity contribution >= 4 is 27.6 Å². The summed E-state index contributed by atoms with van der Waals surface area (Å²) >= 11 is 0. The molecule has 0 spiro atoms. The summed E-state index contributed by atoms with van der Waals surface area (Å²) in [4.78, 5) is 14.4. The highest BCUT2D eigenvalue weighted by atomic mass is 32.2. The highest BCUT2D eigenvalue weighted by Crippen LogP contribution is 2.46. The maximum absolute atomic E-state index is 12.4. The van der Waals surface area contributed by atoms with Gasteiger partial charge in [0.05, 0.1) is 9.82 Å². The lowest BCUT2D eigenvalue weighted by Gasteiger charge is -2.23. The van der Waals surface area contributed by atoms with Gasteiger partial charge in [-0.15, -0.1) is 0 Å². The Balaban J connectivity index is 1.82. The standard InChI is InChI=1S/C20H22N4O4S/c1-14-9-10-15(13-18(14)24(25)26)29(27,28)22-21-12-11-19-20(2,3)16-7-5-6-8-17(16)23(19)4/h5-13,22H,1-4H3/b19-11-,21-12-. The first-order valence-corrected chi connectivity index (χ1v) is 10.4. The topological polar surface area (TPSA) is 105 Å². The first-order chi connectivity index (χ1) is 13.6. The van der Waals surface area contributed by atoms with E-state index in [1.54, 1.807) is 13.0 Å². The number of rotatable bonds is 5. The monoisotopic (exact) mass is 414 g/mol. The largest absolute Gasteiger partial charge is 0.347 e. The molecule has 29 heavy (non-hydrogen) atoms. The van der Waals surface area contributed by atoms with E-state index in [-0.39, 0.29) is 16.0 Å². The van der Waals surface area contributed by atoms with E-state index in [1.165, 1.54) is 23.9 Å². The number of sulfonamides is 1. The quantitative estimate of drug-likeness (QED) is 0.458. The second-order valence-electron chi connectivity index (χ2n) is 7.33. The zero-order valence-electron chi connectivity index (χ0n) is 16.6. The number of hydrazone groups is 1. The molecule has 9 heteroatoms. The van der Waals surface area contributed by atoms with Crippen LogP contribution in [0.25, 0.3) is 0 Å². The van der Waals surface area contributed by atoms with Crippen LogP contribution >= 0.6 is 0 Å². The average Bonchev–Trinajstić information content (AvgIpc) is 2.85. The Hall–Kier alpha value is -3.20. The van der Waals surface area contributed by atoms with Crippen molar-refractivity contribution in [3.05, 3.63) is 75.5 Å². The fraction of sp³-hybridized carbons (Fsp3) is 0.250. The molecule has 0 radical (unpaired) electrons. The fourth-order valence-electron chi connectivity index (χ4n) is 3.52. The van der Waals surface area contributed by atoms with E-state index in [0.717, 1.165) is 17.5 Å². The molecule has 0 amide bonds. The van der Waals surface area contributed by atoms with E-state index in [2.05, 4.69) is 29.8 Å². The van der Waals surface area contributed by atoms with E-state index in [1.807, 2.05) is 30.1 Å². The summed E-state index contributed by atoms with van der Waals surface area (Å²) in [5, 5.41) is 14.8. The molecule has 0 atom stereocenters. The van der Waals surface area contributed by atoms with Gasteiger partial charge in [-0.2, -0.15) is 13.5 Å². The van der Waals surface area contributed by atoms with Crippen molar-refractivity contribution in [1.29, 1.82) is 0 Å².